The predicted molar refractivity (Wildman–Crippen MR) is 75.2 cm³/mol. The molecule has 0 saturated carbocycles. The lowest BCUT2D eigenvalue weighted by atomic mass is 9.89. The smallest absolute Gasteiger partial charge is 0.141 e. The predicted octanol–water partition coefficient (Wildman–Crippen LogP) is 2.73. The summed E-state index contributed by atoms with van der Waals surface area (Å²) in [6.07, 6.45) is 4.45. The highest BCUT2D eigenvalue weighted by molar-refractivity contribution is 5.10. The van der Waals surface area contributed by atoms with E-state index in [1.54, 1.807) is 6.07 Å². The first-order valence-corrected chi connectivity index (χ1v) is 7.26. The molecule has 3 unspecified atom stereocenters. The van der Waals surface area contributed by atoms with E-state index in [0.717, 1.165) is 38.0 Å². The summed E-state index contributed by atoms with van der Waals surface area (Å²) in [5.74, 6) is 0.286. The number of halogens is 1. The SMILES string of the molecule is CCC1CN(C(CC)c2ccc(F)cn2)CCC1N. The molecule has 3 atom stereocenters. The van der Waals surface area contributed by atoms with Gasteiger partial charge in [-0.1, -0.05) is 20.3 Å². The highest BCUT2D eigenvalue weighted by Crippen LogP contribution is 2.29. The number of hydrogen-bond donors (Lipinski definition) is 1. The van der Waals surface area contributed by atoms with E-state index in [1.165, 1.54) is 12.3 Å². The first-order chi connectivity index (χ1) is 9.15. The minimum Gasteiger partial charge on any atom is -0.327 e. The molecule has 0 bridgehead atoms. The highest BCUT2D eigenvalue weighted by atomic mass is 19.1. The van der Waals surface area contributed by atoms with Crippen LogP contribution in [0.3, 0.4) is 0 Å². The van der Waals surface area contributed by atoms with Gasteiger partial charge >= 0.3 is 0 Å². The molecule has 2 heterocycles. The zero-order valence-corrected chi connectivity index (χ0v) is 11.8. The molecule has 2 N–H and O–H groups in total. The molecule has 0 spiro atoms. The topological polar surface area (TPSA) is 42.2 Å². The Morgan fingerprint density at radius 3 is 2.84 bits per heavy atom. The summed E-state index contributed by atoms with van der Waals surface area (Å²) >= 11 is 0. The first kappa shape index (κ1) is 14.4. The Morgan fingerprint density at radius 2 is 2.26 bits per heavy atom. The largest absolute Gasteiger partial charge is 0.327 e. The van der Waals surface area contributed by atoms with E-state index >= 15 is 0 Å². The van der Waals surface area contributed by atoms with Crippen LogP contribution < -0.4 is 5.73 Å². The number of nitrogens with zero attached hydrogens (tertiary/aromatic N) is 2. The number of aromatic nitrogens is 1. The van der Waals surface area contributed by atoms with Crippen LogP contribution in [0.4, 0.5) is 4.39 Å². The van der Waals surface area contributed by atoms with E-state index < -0.39 is 0 Å². The Balaban J connectivity index is 2.11. The Kier molecular flexibility index (Phi) is 4.88. The Hall–Kier alpha value is -1.00. The van der Waals surface area contributed by atoms with E-state index in [2.05, 4.69) is 23.7 Å². The lowest BCUT2D eigenvalue weighted by molar-refractivity contribution is 0.101. The molecule has 3 nitrogen and oxygen atoms in total. The maximum absolute atomic E-state index is 13.0. The molecule has 0 aromatic carbocycles. The molecule has 1 saturated heterocycles. The van der Waals surface area contributed by atoms with E-state index in [4.69, 9.17) is 5.73 Å². The molecule has 1 fully saturated rings. The lowest BCUT2D eigenvalue weighted by Crippen LogP contribution is -2.48. The van der Waals surface area contributed by atoms with Crippen molar-refractivity contribution in [2.45, 2.75) is 45.2 Å². The van der Waals surface area contributed by atoms with Crippen LogP contribution >= 0.6 is 0 Å². The van der Waals surface area contributed by atoms with Crippen LogP contribution in [0.2, 0.25) is 0 Å². The van der Waals surface area contributed by atoms with Crippen molar-refractivity contribution in [2.75, 3.05) is 13.1 Å². The van der Waals surface area contributed by atoms with Gasteiger partial charge in [-0.15, -0.1) is 0 Å². The van der Waals surface area contributed by atoms with Gasteiger partial charge in [0.1, 0.15) is 5.82 Å². The van der Waals surface area contributed by atoms with Crippen LogP contribution in [0.1, 0.15) is 44.8 Å². The second kappa shape index (κ2) is 6.44. The summed E-state index contributed by atoms with van der Waals surface area (Å²) in [6, 6.07) is 3.90. The van der Waals surface area contributed by atoms with Crippen LogP contribution in [0.5, 0.6) is 0 Å². The van der Waals surface area contributed by atoms with Gasteiger partial charge in [-0.2, -0.15) is 0 Å². The van der Waals surface area contributed by atoms with Crippen LogP contribution in [0.15, 0.2) is 18.3 Å². The highest BCUT2D eigenvalue weighted by Gasteiger charge is 2.30. The van der Waals surface area contributed by atoms with Crippen LogP contribution in [0.25, 0.3) is 0 Å². The fraction of sp³-hybridized carbons (Fsp3) is 0.667. The number of pyridine rings is 1. The minimum atomic E-state index is -0.272. The molecular weight excluding hydrogens is 241 g/mol. The fourth-order valence-corrected chi connectivity index (χ4v) is 3.03. The van der Waals surface area contributed by atoms with Gasteiger partial charge in [0.25, 0.3) is 0 Å². The normalized spacial score (nSPS) is 26.3. The summed E-state index contributed by atoms with van der Waals surface area (Å²) in [5, 5.41) is 0. The van der Waals surface area contributed by atoms with E-state index in [0.29, 0.717) is 12.0 Å². The number of nitrogens with two attached hydrogens (primary N) is 1. The maximum Gasteiger partial charge on any atom is 0.141 e. The summed E-state index contributed by atoms with van der Waals surface area (Å²) in [4.78, 5) is 6.70. The number of rotatable bonds is 4. The van der Waals surface area contributed by atoms with Crippen LogP contribution in [-0.4, -0.2) is 29.0 Å². The molecule has 106 valence electrons. The second-order valence-corrected chi connectivity index (χ2v) is 5.44. The van der Waals surface area contributed by atoms with Crippen molar-refractivity contribution in [3.8, 4) is 0 Å². The van der Waals surface area contributed by atoms with Crippen molar-refractivity contribution in [1.82, 2.24) is 9.88 Å². The third kappa shape index (κ3) is 3.31. The molecule has 1 aliphatic heterocycles. The average Bonchev–Trinajstić information content (AvgIpc) is 2.43. The monoisotopic (exact) mass is 265 g/mol. The molecule has 2 rings (SSSR count). The molecule has 1 aliphatic rings. The summed E-state index contributed by atoms with van der Waals surface area (Å²) in [7, 11) is 0. The molecule has 1 aromatic heterocycles. The van der Waals surface area contributed by atoms with Crippen LogP contribution in [-0.2, 0) is 0 Å². The maximum atomic E-state index is 13.0. The van der Waals surface area contributed by atoms with Gasteiger partial charge in [-0.05, 0) is 30.9 Å². The van der Waals surface area contributed by atoms with Crippen molar-refractivity contribution < 1.29 is 4.39 Å². The van der Waals surface area contributed by atoms with Gasteiger partial charge in [0, 0.05) is 19.1 Å². The zero-order valence-electron chi connectivity index (χ0n) is 11.8. The fourth-order valence-electron chi connectivity index (χ4n) is 3.03. The van der Waals surface area contributed by atoms with Gasteiger partial charge in [0.05, 0.1) is 17.9 Å². The standard InChI is InChI=1S/C15H24FN3/c1-3-11-10-19(8-7-13(11)17)15(4-2)14-6-5-12(16)9-18-14/h5-6,9,11,13,15H,3-4,7-8,10,17H2,1-2H3. The summed E-state index contributed by atoms with van der Waals surface area (Å²) in [6.45, 7) is 6.39. The molecular formula is C15H24FN3. The number of hydrogen-bond acceptors (Lipinski definition) is 3. The van der Waals surface area contributed by atoms with Crippen molar-refractivity contribution in [3.05, 3.63) is 29.8 Å². The van der Waals surface area contributed by atoms with Crippen LogP contribution in [0, 0.1) is 11.7 Å². The lowest BCUT2D eigenvalue weighted by Gasteiger charge is -2.40. The molecule has 4 heteroatoms. The van der Waals surface area contributed by atoms with Gasteiger partial charge in [0.15, 0.2) is 0 Å². The van der Waals surface area contributed by atoms with E-state index in [-0.39, 0.29) is 11.9 Å². The second-order valence-electron chi connectivity index (χ2n) is 5.44. The van der Waals surface area contributed by atoms with Gasteiger partial charge in [-0.3, -0.25) is 9.88 Å². The zero-order chi connectivity index (χ0) is 13.8. The third-order valence-corrected chi connectivity index (χ3v) is 4.27. The average molecular weight is 265 g/mol. The molecule has 0 radical (unpaired) electrons. The van der Waals surface area contributed by atoms with Gasteiger partial charge < -0.3 is 5.73 Å². The number of likely N-dealkylation sites (tertiary alicyclic amines) is 1. The first-order valence-electron chi connectivity index (χ1n) is 7.26. The molecule has 19 heavy (non-hydrogen) atoms. The third-order valence-electron chi connectivity index (χ3n) is 4.27. The Labute approximate surface area is 115 Å². The Morgan fingerprint density at radius 1 is 1.47 bits per heavy atom. The van der Waals surface area contributed by atoms with Crippen molar-refractivity contribution in [2.24, 2.45) is 11.7 Å². The van der Waals surface area contributed by atoms with Crippen molar-refractivity contribution >= 4 is 0 Å². The minimum absolute atomic E-state index is 0.272. The summed E-state index contributed by atoms with van der Waals surface area (Å²) in [5.41, 5.74) is 7.13. The van der Waals surface area contributed by atoms with Gasteiger partial charge in [-0.25, -0.2) is 4.39 Å². The molecule has 1 aromatic rings. The van der Waals surface area contributed by atoms with E-state index in [9.17, 15) is 4.39 Å². The molecule has 0 aliphatic carbocycles. The van der Waals surface area contributed by atoms with Crippen molar-refractivity contribution in [1.29, 1.82) is 0 Å². The summed E-state index contributed by atoms with van der Waals surface area (Å²) < 4.78 is 13.0. The van der Waals surface area contributed by atoms with E-state index in [1.807, 2.05) is 0 Å². The Bertz CT molecular complexity index is 393. The quantitative estimate of drug-likeness (QED) is 0.910. The van der Waals surface area contributed by atoms with Crippen molar-refractivity contribution in [3.63, 3.8) is 0 Å². The van der Waals surface area contributed by atoms with Gasteiger partial charge in [0.2, 0.25) is 0 Å². The molecule has 0 amide bonds. The number of piperidine rings is 1.